The Hall–Kier alpha value is -2.23. The molecule has 0 saturated heterocycles. The molecule has 4 nitrogen and oxygen atoms in total. The van der Waals surface area contributed by atoms with Crippen molar-refractivity contribution in [1.82, 2.24) is 0 Å². The van der Waals surface area contributed by atoms with Crippen LogP contribution in [0, 0.1) is 12.8 Å². The molecule has 0 radical (unpaired) electrons. The van der Waals surface area contributed by atoms with Crippen LogP contribution in [0.3, 0.4) is 0 Å². The van der Waals surface area contributed by atoms with E-state index in [0.29, 0.717) is 12.0 Å². The van der Waals surface area contributed by atoms with Gasteiger partial charge in [0.2, 0.25) is 0 Å². The van der Waals surface area contributed by atoms with E-state index in [4.69, 9.17) is 4.74 Å². The standard InChI is InChI=1S/C19H21NO3/c1-11-7-9-13(10-8-11)17-16(19(22)23-3)12(2)20-14-5-4-6-15(21)18(14)17/h7-10,16-17H,4-6H2,1-3H3/t16-,17+/m1/s1. The lowest BCUT2D eigenvalue weighted by Crippen LogP contribution is -2.36. The minimum Gasteiger partial charge on any atom is -0.468 e. The third-order valence-electron chi connectivity index (χ3n) is 4.73. The van der Waals surface area contributed by atoms with Crippen molar-refractivity contribution in [2.75, 3.05) is 7.11 Å². The van der Waals surface area contributed by atoms with Gasteiger partial charge in [0.1, 0.15) is 5.92 Å². The smallest absolute Gasteiger partial charge is 0.315 e. The molecule has 1 aliphatic heterocycles. The van der Waals surface area contributed by atoms with Gasteiger partial charge in [-0.3, -0.25) is 14.6 Å². The second-order valence-corrected chi connectivity index (χ2v) is 6.28. The molecule has 1 heterocycles. The number of rotatable bonds is 2. The number of aryl methyl sites for hydroxylation is 1. The van der Waals surface area contributed by atoms with Crippen molar-refractivity contribution in [3.63, 3.8) is 0 Å². The number of carbonyl (C=O) groups excluding carboxylic acids is 2. The number of Topliss-reactive ketones (excluding diaryl/α,β-unsaturated/α-hetero) is 1. The van der Waals surface area contributed by atoms with Crippen LogP contribution in [-0.2, 0) is 14.3 Å². The largest absolute Gasteiger partial charge is 0.468 e. The zero-order valence-corrected chi connectivity index (χ0v) is 13.8. The van der Waals surface area contributed by atoms with Crippen molar-refractivity contribution in [3.8, 4) is 0 Å². The highest BCUT2D eigenvalue weighted by Crippen LogP contribution is 2.43. The average Bonchev–Trinajstić information content (AvgIpc) is 2.54. The lowest BCUT2D eigenvalue weighted by Gasteiger charge is -2.34. The van der Waals surface area contributed by atoms with E-state index in [9.17, 15) is 9.59 Å². The molecule has 0 N–H and O–H groups in total. The Morgan fingerprint density at radius 2 is 1.87 bits per heavy atom. The molecule has 0 fully saturated rings. The van der Waals surface area contributed by atoms with Crippen LogP contribution in [0.2, 0.25) is 0 Å². The van der Waals surface area contributed by atoms with Crippen LogP contribution < -0.4 is 0 Å². The molecule has 0 spiro atoms. The molecule has 3 rings (SSSR count). The third kappa shape index (κ3) is 2.74. The Kier molecular flexibility index (Phi) is 4.16. The van der Waals surface area contributed by atoms with Crippen molar-refractivity contribution in [1.29, 1.82) is 0 Å². The summed E-state index contributed by atoms with van der Waals surface area (Å²) < 4.78 is 5.00. The zero-order chi connectivity index (χ0) is 16.6. The molecular weight excluding hydrogens is 290 g/mol. The number of nitrogens with zero attached hydrogens (tertiary/aromatic N) is 1. The first kappa shape index (κ1) is 15.7. The van der Waals surface area contributed by atoms with Crippen LogP contribution in [-0.4, -0.2) is 24.6 Å². The molecule has 1 aromatic carbocycles. The van der Waals surface area contributed by atoms with Crippen LogP contribution in [0.1, 0.15) is 43.2 Å². The summed E-state index contributed by atoms with van der Waals surface area (Å²) in [6.07, 6.45) is 2.16. The van der Waals surface area contributed by atoms with Gasteiger partial charge in [-0.1, -0.05) is 29.8 Å². The van der Waals surface area contributed by atoms with E-state index in [-0.39, 0.29) is 17.7 Å². The monoisotopic (exact) mass is 311 g/mol. The van der Waals surface area contributed by atoms with Crippen molar-refractivity contribution >= 4 is 17.5 Å². The number of aliphatic imine (C=N–C) groups is 1. The minimum atomic E-state index is -0.525. The van der Waals surface area contributed by atoms with Gasteiger partial charge in [-0.05, 0) is 32.3 Å². The summed E-state index contributed by atoms with van der Waals surface area (Å²) in [5.74, 6) is -1.03. The number of methoxy groups -OCH3 is 1. The zero-order valence-electron chi connectivity index (χ0n) is 13.8. The van der Waals surface area contributed by atoms with Crippen LogP contribution in [0.15, 0.2) is 40.5 Å². The predicted molar refractivity (Wildman–Crippen MR) is 88.4 cm³/mol. The number of esters is 1. The number of carbonyl (C=O) groups is 2. The normalized spacial score (nSPS) is 24.1. The molecule has 0 aromatic heterocycles. The van der Waals surface area contributed by atoms with Gasteiger partial charge in [0.25, 0.3) is 0 Å². The maximum Gasteiger partial charge on any atom is 0.315 e. The van der Waals surface area contributed by atoms with E-state index >= 15 is 0 Å². The van der Waals surface area contributed by atoms with Gasteiger partial charge in [0.15, 0.2) is 5.78 Å². The number of ether oxygens (including phenoxy) is 1. The van der Waals surface area contributed by atoms with E-state index in [0.717, 1.165) is 35.4 Å². The van der Waals surface area contributed by atoms with E-state index in [1.807, 2.05) is 38.1 Å². The SMILES string of the molecule is COC(=O)[C@@H]1C(C)=NC2=C(C(=O)CCC2)[C@H]1c1ccc(C)cc1. The first-order chi connectivity index (χ1) is 11.0. The molecule has 2 atom stereocenters. The van der Waals surface area contributed by atoms with Crippen molar-refractivity contribution < 1.29 is 14.3 Å². The molecule has 23 heavy (non-hydrogen) atoms. The van der Waals surface area contributed by atoms with Gasteiger partial charge in [0, 0.05) is 29.3 Å². The Balaban J connectivity index is 2.17. The number of hydrogen-bond donors (Lipinski definition) is 0. The van der Waals surface area contributed by atoms with Crippen molar-refractivity contribution in [2.24, 2.45) is 10.9 Å². The molecule has 120 valence electrons. The van der Waals surface area contributed by atoms with E-state index in [1.165, 1.54) is 7.11 Å². The lowest BCUT2D eigenvalue weighted by atomic mass is 9.71. The molecule has 2 aliphatic rings. The predicted octanol–water partition coefficient (Wildman–Crippen LogP) is 3.35. The third-order valence-corrected chi connectivity index (χ3v) is 4.73. The second-order valence-electron chi connectivity index (χ2n) is 6.28. The first-order valence-corrected chi connectivity index (χ1v) is 7.98. The molecular formula is C19H21NO3. The molecule has 0 bridgehead atoms. The van der Waals surface area contributed by atoms with Crippen LogP contribution in [0.5, 0.6) is 0 Å². The highest BCUT2D eigenvalue weighted by Gasteiger charge is 2.42. The fourth-order valence-corrected chi connectivity index (χ4v) is 3.57. The first-order valence-electron chi connectivity index (χ1n) is 7.98. The van der Waals surface area contributed by atoms with Gasteiger partial charge in [-0.2, -0.15) is 0 Å². The van der Waals surface area contributed by atoms with Gasteiger partial charge >= 0.3 is 5.97 Å². The summed E-state index contributed by atoms with van der Waals surface area (Å²) in [6.45, 7) is 3.87. The second kappa shape index (κ2) is 6.11. The molecule has 0 unspecified atom stereocenters. The highest BCUT2D eigenvalue weighted by molar-refractivity contribution is 6.08. The van der Waals surface area contributed by atoms with E-state index in [2.05, 4.69) is 4.99 Å². The topological polar surface area (TPSA) is 55.7 Å². The average molecular weight is 311 g/mol. The van der Waals surface area contributed by atoms with Crippen LogP contribution in [0.4, 0.5) is 0 Å². The number of hydrogen-bond acceptors (Lipinski definition) is 4. The summed E-state index contributed by atoms with van der Waals surface area (Å²) >= 11 is 0. The number of ketones is 1. The van der Waals surface area contributed by atoms with Gasteiger partial charge in [0.05, 0.1) is 7.11 Å². The summed E-state index contributed by atoms with van der Waals surface area (Å²) in [4.78, 5) is 29.5. The molecule has 1 aromatic rings. The van der Waals surface area contributed by atoms with Gasteiger partial charge in [-0.15, -0.1) is 0 Å². The molecule has 0 saturated carbocycles. The summed E-state index contributed by atoms with van der Waals surface area (Å²) in [5, 5.41) is 0. The number of benzene rings is 1. The Bertz CT molecular complexity index is 713. The molecule has 4 heteroatoms. The highest BCUT2D eigenvalue weighted by atomic mass is 16.5. The van der Waals surface area contributed by atoms with Gasteiger partial charge < -0.3 is 4.74 Å². The van der Waals surface area contributed by atoms with Crippen molar-refractivity contribution in [2.45, 2.75) is 39.0 Å². The minimum absolute atomic E-state index is 0.113. The molecule has 0 amide bonds. The van der Waals surface area contributed by atoms with E-state index in [1.54, 1.807) is 0 Å². The quantitative estimate of drug-likeness (QED) is 0.787. The van der Waals surface area contributed by atoms with Crippen LogP contribution in [0.25, 0.3) is 0 Å². The van der Waals surface area contributed by atoms with Gasteiger partial charge in [-0.25, -0.2) is 0 Å². The Morgan fingerprint density at radius 3 is 2.52 bits per heavy atom. The summed E-state index contributed by atoms with van der Waals surface area (Å²) in [6, 6.07) is 8.03. The Morgan fingerprint density at radius 1 is 1.17 bits per heavy atom. The molecule has 1 aliphatic carbocycles. The van der Waals surface area contributed by atoms with Crippen molar-refractivity contribution in [3.05, 3.63) is 46.7 Å². The summed E-state index contributed by atoms with van der Waals surface area (Å²) in [5.41, 5.74) is 4.41. The fourth-order valence-electron chi connectivity index (χ4n) is 3.57. The maximum absolute atomic E-state index is 12.6. The fraction of sp³-hybridized carbons (Fsp3) is 0.421. The van der Waals surface area contributed by atoms with Crippen LogP contribution >= 0.6 is 0 Å². The summed E-state index contributed by atoms with van der Waals surface area (Å²) in [7, 11) is 1.38. The maximum atomic E-state index is 12.6. The lowest BCUT2D eigenvalue weighted by molar-refractivity contribution is -0.143. The van der Waals surface area contributed by atoms with E-state index < -0.39 is 5.92 Å². The number of allylic oxidation sites excluding steroid dienone is 2. The Labute approximate surface area is 136 Å².